The maximum absolute atomic E-state index is 14.1. The van der Waals surface area contributed by atoms with Crippen LogP contribution in [0.4, 0.5) is 0 Å². The Balaban J connectivity index is 2.10. The fourth-order valence-corrected chi connectivity index (χ4v) is 4.18. The molecule has 0 saturated heterocycles. The summed E-state index contributed by atoms with van der Waals surface area (Å²) in [6.07, 6.45) is 3.52. The lowest BCUT2D eigenvalue weighted by Crippen LogP contribution is -2.44. The second-order valence-electron chi connectivity index (χ2n) is 8.49. The molecule has 2 aromatic carbocycles. The molecule has 172 valence electrons. The summed E-state index contributed by atoms with van der Waals surface area (Å²) in [6, 6.07) is 18.4. The minimum absolute atomic E-state index is 0.171. The van der Waals surface area contributed by atoms with E-state index in [2.05, 4.69) is 17.2 Å². The molecule has 3 aromatic rings. The van der Waals surface area contributed by atoms with Crippen LogP contribution in [-0.2, 0) is 11.3 Å². The molecular weight excluding hydrogens is 410 g/mol. The molecule has 33 heavy (non-hydrogen) atoms. The first-order valence-electron chi connectivity index (χ1n) is 11.5. The highest BCUT2D eigenvalue weighted by molar-refractivity contribution is 6.00. The van der Waals surface area contributed by atoms with Crippen LogP contribution < -0.4 is 5.32 Å². The minimum atomic E-state index is -0.837. The molecule has 0 bridgehead atoms. The van der Waals surface area contributed by atoms with Crippen LogP contribution in [0.15, 0.2) is 66.9 Å². The number of hydrogen-bond donors (Lipinski definition) is 1. The van der Waals surface area contributed by atoms with Crippen LogP contribution in [0.5, 0.6) is 0 Å². The largest absolute Gasteiger partial charge is 0.354 e. The smallest absolute Gasteiger partial charge is 0.255 e. The van der Waals surface area contributed by atoms with Gasteiger partial charge in [0.15, 0.2) is 6.04 Å². The molecule has 0 saturated carbocycles. The second-order valence-corrected chi connectivity index (χ2v) is 8.49. The third-order valence-electron chi connectivity index (χ3n) is 5.71. The number of hydrogen-bond acceptors (Lipinski definition) is 3. The maximum atomic E-state index is 14.1. The van der Waals surface area contributed by atoms with Crippen molar-refractivity contribution < 1.29 is 9.59 Å². The van der Waals surface area contributed by atoms with Gasteiger partial charge in [-0.25, -0.2) is 0 Å². The van der Waals surface area contributed by atoms with Crippen LogP contribution in [0.3, 0.4) is 0 Å². The summed E-state index contributed by atoms with van der Waals surface area (Å²) in [7, 11) is 0. The Morgan fingerprint density at radius 2 is 1.64 bits per heavy atom. The predicted octanol–water partition coefficient (Wildman–Crippen LogP) is 5.31. The lowest BCUT2D eigenvalue weighted by molar-refractivity contribution is -0.126. The van der Waals surface area contributed by atoms with Gasteiger partial charge in [-0.3, -0.25) is 14.6 Å². The zero-order valence-electron chi connectivity index (χ0n) is 20.0. The third kappa shape index (κ3) is 6.07. The number of aryl methyl sites for hydroxylation is 3. The highest BCUT2D eigenvalue weighted by Gasteiger charge is 2.34. The topological polar surface area (TPSA) is 62.3 Å². The zero-order valence-corrected chi connectivity index (χ0v) is 20.0. The third-order valence-corrected chi connectivity index (χ3v) is 5.71. The number of rotatable bonds is 9. The van der Waals surface area contributed by atoms with E-state index in [0.717, 1.165) is 35.1 Å². The summed E-state index contributed by atoms with van der Waals surface area (Å²) in [6.45, 7) is 8.87. The van der Waals surface area contributed by atoms with Crippen molar-refractivity contribution in [3.63, 3.8) is 0 Å². The van der Waals surface area contributed by atoms with E-state index in [9.17, 15) is 9.59 Å². The molecule has 5 nitrogen and oxygen atoms in total. The van der Waals surface area contributed by atoms with E-state index >= 15 is 0 Å². The summed E-state index contributed by atoms with van der Waals surface area (Å²) < 4.78 is 0. The van der Waals surface area contributed by atoms with E-state index in [1.807, 2.05) is 81.4 Å². The molecule has 1 aromatic heterocycles. The van der Waals surface area contributed by atoms with Gasteiger partial charge in [0.05, 0.1) is 5.69 Å². The first kappa shape index (κ1) is 24.2. The Hall–Kier alpha value is -3.47. The van der Waals surface area contributed by atoms with Gasteiger partial charge in [-0.2, -0.15) is 0 Å². The number of nitrogens with one attached hydrogen (secondary N) is 1. The number of aromatic nitrogens is 1. The van der Waals surface area contributed by atoms with Gasteiger partial charge < -0.3 is 10.2 Å². The molecule has 0 spiro atoms. The van der Waals surface area contributed by atoms with Crippen LogP contribution in [0.2, 0.25) is 0 Å². The molecule has 3 rings (SSSR count). The molecule has 0 aliphatic heterocycles. The van der Waals surface area contributed by atoms with Crippen molar-refractivity contribution >= 4 is 11.8 Å². The van der Waals surface area contributed by atoms with Crippen LogP contribution >= 0.6 is 0 Å². The molecule has 1 N–H and O–H groups in total. The van der Waals surface area contributed by atoms with E-state index < -0.39 is 6.04 Å². The van der Waals surface area contributed by atoms with Crippen LogP contribution in [0.1, 0.15) is 64.1 Å². The molecule has 1 atom stereocenters. The van der Waals surface area contributed by atoms with E-state index in [4.69, 9.17) is 0 Å². The standard InChI is InChI=1S/C28H33N3O2/c1-5-6-15-30-27(32)26(24-14-10-11-16-29-24)31(19-23-12-8-7-9-13-23)28(33)25-21(3)17-20(2)18-22(25)4/h7-14,16-18,26H,5-6,15,19H2,1-4H3,(H,30,32). The highest BCUT2D eigenvalue weighted by atomic mass is 16.2. The summed E-state index contributed by atoms with van der Waals surface area (Å²) in [4.78, 5) is 33.7. The molecule has 1 unspecified atom stereocenters. The van der Waals surface area contributed by atoms with Gasteiger partial charge >= 0.3 is 0 Å². The Morgan fingerprint density at radius 1 is 0.970 bits per heavy atom. The zero-order chi connectivity index (χ0) is 23.8. The van der Waals surface area contributed by atoms with Crippen LogP contribution in [-0.4, -0.2) is 28.2 Å². The van der Waals surface area contributed by atoms with Crippen molar-refractivity contribution in [1.29, 1.82) is 0 Å². The molecule has 0 radical (unpaired) electrons. The van der Waals surface area contributed by atoms with Crippen molar-refractivity contribution in [3.8, 4) is 0 Å². The van der Waals surface area contributed by atoms with Crippen LogP contribution in [0, 0.1) is 20.8 Å². The number of carbonyl (C=O) groups excluding carboxylic acids is 2. The molecular formula is C28H33N3O2. The van der Waals surface area contributed by atoms with E-state index in [-0.39, 0.29) is 11.8 Å². The SMILES string of the molecule is CCCCNC(=O)C(c1ccccn1)N(Cc1ccccc1)C(=O)c1c(C)cc(C)cc1C. The number of carbonyl (C=O) groups is 2. The molecule has 0 aliphatic rings. The summed E-state index contributed by atoms with van der Waals surface area (Å²) in [5.74, 6) is -0.385. The van der Waals surface area contributed by atoms with E-state index in [1.54, 1.807) is 11.1 Å². The first-order chi connectivity index (χ1) is 15.9. The van der Waals surface area contributed by atoms with Gasteiger partial charge in [-0.05, 0) is 56.0 Å². The number of unbranched alkanes of at least 4 members (excludes halogenated alkanes) is 1. The average Bonchev–Trinajstić information content (AvgIpc) is 2.79. The lowest BCUT2D eigenvalue weighted by atomic mass is 9.97. The average molecular weight is 444 g/mol. The monoisotopic (exact) mass is 443 g/mol. The Kier molecular flexibility index (Phi) is 8.36. The van der Waals surface area contributed by atoms with Gasteiger partial charge in [0.2, 0.25) is 5.91 Å². The maximum Gasteiger partial charge on any atom is 0.255 e. The Labute approximate surface area is 196 Å². The summed E-state index contributed by atoms with van der Waals surface area (Å²) in [5.41, 5.74) is 5.06. The second kappa shape index (κ2) is 11.4. The van der Waals surface area contributed by atoms with E-state index in [0.29, 0.717) is 24.3 Å². The summed E-state index contributed by atoms with van der Waals surface area (Å²) >= 11 is 0. The van der Waals surface area contributed by atoms with Crippen LogP contribution in [0.25, 0.3) is 0 Å². The molecule has 0 fully saturated rings. The van der Waals surface area contributed by atoms with Crippen molar-refractivity contribution in [2.24, 2.45) is 0 Å². The number of pyridine rings is 1. The fourth-order valence-electron chi connectivity index (χ4n) is 4.18. The normalized spacial score (nSPS) is 11.6. The highest BCUT2D eigenvalue weighted by Crippen LogP contribution is 2.27. The number of amides is 2. The van der Waals surface area contributed by atoms with Gasteiger partial charge in [0.25, 0.3) is 5.91 Å². The van der Waals surface area contributed by atoms with Gasteiger partial charge in [-0.1, -0.05) is 67.4 Å². The van der Waals surface area contributed by atoms with Crippen molar-refractivity contribution in [2.75, 3.05) is 6.54 Å². The van der Waals surface area contributed by atoms with Crippen molar-refractivity contribution in [3.05, 3.63) is 100 Å². The van der Waals surface area contributed by atoms with Gasteiger partial charge in [-0.15, -0.1) is 0 Å². The van der Waals surface area contributed by atoms with Crippen molar-refractivity contribution in [1.82, 2.24) is 15.2 Å². The Morgan fingerprint density at radius 3 is 2.24 bits per heavy atom. The van der Waals surface area contributed by atoms with E-state index in [1.165, 1.54) is 0 Å². The number of benzene rings is 2. The molecule has 1 heterocycles. The summed E-state index contributed by atoms with van der Waals surface area (Å²) in [5, 5.41) is 3.02. The predicted molar refractivity (Wildman–Crippen MR) is 132 cm³/mol. The Bertz CT molecular complexity index is 1060. The lowest BCUT2D eigenvalue weighted by Gasteiger charge is -2.32. The molecule has 5 heteroatoms. The fraction of sp³-hybridized carbons (Fsp3) is 0.321. The first-order valence-corrected chi connectivity index (χ1v) is 11.5. The molecule has 0 aliphatic carbocycles. The van der Waals surface area contributed by atoms with Gasteiger partial charge in [0.1, 0.15) is 0 Å². The number of nitrogens with zero attached hydrogens (tertiary/aromatic N) is 2. The van der Waals surface area contributed by atoms with Crippen molar-refractivity contribution in [2.45, 2.75) is 53.1 Å². The minimum Gasteiger partial charge on any atom is -0.354 e. The molecule has 2 amide bonds. The van der Waals surface area contributed by atoms with Gasteiger partial charge in [0, 0.05) is 24.8 Å². The quantitative estimate of drug-likeness (QED) is 0.456.